The predicted octanol–water partition coefficient (Wildman–Crippen LogP) is 1.74. The number of aldehydes is 1. The highest BCUT2D eigenvalue weighted by atomic mass is 32.2. The van der Waals surface area contributed by atoms with E-state index in [1.165, 1.54) is 28.9 Å². The van der Waals surface area contributed by atoms with Crippen LogP contribution in [0.1, 0.15) is 16.1 Å². The lowest BCUT2D eigenvalue weighted by Crippen LogP contribution is -1.98. The second-order valence-electron chi connectivity index (χ2n) is 4.39. The summed E-state index contributed by atoms with van der Waals surface area (Å²) in [5, 5.41) is 4.10. The number of aryl methyl sites for hydroxylation is 2. The van der Waals surface area contributed by atoms with Gasteiger partial charge in [0.25, 0.3) is 0 Å². The second kappa shape index (κ2) is 5.09. The Hall–Kier alpha value is -2.15. The molecule has 20 heavy (non-hydrogen) atoms. The first-order valence-electron chi connectivity index (χ1n) is 5.79. The predicted molar refractivity (Wildman–Crippen MR) is 73.0 cm³/mol. The van der Waals surface area contributed by atoms with Crippen LogP contribution in [0.3, 0.4) is 0 Å². The van der Waals surface area contributed by atoms with Gasteiger partial charge < -0.3 is 4.74 Å². The van der Waals surface area contributed by atoms with Crippen LogP contribution in [-0.2, 0) is 16.9 Å². The first kappa shape index (κ1) is 14.3. The van der Waals surface area contributed by atoms with Crippen molar-refractivity contribution in [3.05, 3.63) is 35.5 Å². The van der Waals surface area contributed by atoms with Crippen molar-refractivity contribution in [2.45, 2.75) is 11.8 Å². The molecular formula is C13H14N2O4S. The summed E-state index contributed by atoms with van der Waals surface area (Å²) in [6.07, 6.45) is 1.82. The molecule has 0 unspecified atom stereocenters. The Bertz CT molecular complexity index is 745. The van der Waals surface area contributed by atoms with Crippen LogP contribution in [0.5, 0.6) is 11.6 Å². The average molecular weight is 294 g/mol. The number of carbonyl (C=O) groups excluding carboxylic acids is 1. The normalized spacial score (nSPS) is 11.3. The third-order valence-electron chi connectivity index (χ3n) is 2.80. The molecule has 0 aliphatic carbocycles. The number of aromatic nitrogens is 2. The largest absolute Gasteiger partial charge is 0.439 e. The monoisotopic (exact) mass is 294 g/mol. The summed E-state index contributed by atoms with van der Waals surface area (Å²) in [5.74, 6) is 0.758. The van der Waals surface area contributed by atoms with Gasteiger partial charge in [-0.25, -0.2) is 13.1 Å². The van der Waals surface area contributed by atoms with Gasteiger partial charge in [0.2, 0.25) is 5.88 Å². The van der Waals surface area contributed by atoms with E-state index in [9.17, 15) is 13.2 Å². The maximum absolute atomic E-state index is 11.4. The van der Waals surface area contributed by atoms with Crippen molar-refractivity contribution in [1.29, 1.82) is 0 Å². The molecule has 0 bridgehead atoms. The Balaban J connectivity index is 2.34. The van der Waals surface area contributed by atoms with Gasteiger partial charge in [0.1, 0.15) is 5.75 Å². The Labute approximate surface area is 116 Å². The average Bonchev–Trinajstić information content (AvgIpc) is 2.63. The van der Waals surface area contributed by atoms with Crippen LogP contribution in [0.2, 0.25) is 0 Å². The van der Waals surface area contributed by atoms with Gasteiger partial charge in [-0.15, -0.1) is 0 Å². The topological polar surface area (TPSA) is 78.3 Å². The van der Waals surface area contributed by atoms with Crippen molar-refractivity contribution in [2.24, 2.45) is 7.05 Å². The van der Waals surface area contributed by atoms with E-state index in [1.54, 1.807) is 14.0 Å². The lowest BCUT2D eigenvalue weighted by atomic mass is 10.3. The number of hydrogen-bond acceptors (Lipinski definition) is 5. The molecule has 0 spiro atoms. The number of hydrogen-bond donors (Lipinski definition) is 0. The van der Waals surface area contributed by atoms with Gasteiger partial charge in [0, 0.05) is 13.3 Å². The molecule has 0 N–H and O–H groups in total. The van der Waals surface area contributed by atoms with Gasteiger partial charge in [-0.2, -0.15) is 5.10 Å². The summed E-state index contributed by atoms with van der Waals surface area (Å²) in [6.45, 7) is 1.71. The van der Waals surface area contributed by atoms with Crippen molar-refractivity contribution in [1.82, 2.24) is 9.78 Å². The highest BCUT2D eigenvalue weighted by Gasteiger charge is 2.15. The van der Waals surface area contributed by atoms with Crippen LogP contribution in [0.25, 0.3) is 0 Å². The standard InChI is InChI=1S/C13H14N2O4S/c1-9-12(8-16)13(15(2)14-9)19-10-4-6-11(7-5-10)20(3,17)18/h4-8H,1-3H3. The molecule has 1 aromatic heterocycles. The minimum Gasteiger partial charge on any atom is -0.439 e. The van der Waals surface area contributed by atoms with Gasteiger partial charge in [-0.1, -0.05) is 0 Å². The van der Waals surface area contributed by atoms with Crippen LogP contribution in [-0.4, -0.2) is 30.7 Å². The summed E-state index contributed by atoms with van der Waals surface area (Å²) in [5.41, 5.74) is 0.949. The number of ether oxygens (including phenoxy) is 1. The zero-order valence-corrected chi connectivity index (χ0v) is 12.1. The van der Waals surface area contributed by atoms with Gasteiger partial charge in [-0.3, -0.25) is 4.79 Å². The molecule has 2 rings (SSSR count). The van der Waals surface area contributed by atoms with E-state index in [0.717, 1.165) is 6.26 Å². The van der Waals surface area contributed by atoms with Crippen LogP contribution in [0.4, 0.5) is 0 Å². The van der Waals surface area contributed by atoms with Gasteiger partial charge >= 0.3 is 0 Å². The van der Waals surface area contributed by atoms with Gasteiger partial charge in [0.15, 0.2) is 16.1 Å². The number of nitrogens with zero attached hydrogens (tertiary/aromatic N) is 2. The van der Waals surface area contributed by atoms with Crippen molar-refractivity contribution in [3.8, 4) is 11.6 Å². The quantitative estimate of drug-likeness (QED) is 0.803. The van der Waals surface area contributed by atoms with Crippen LogP contribution >= 0.6 is 0 Å². The van der Waals surface area contributed by atoms with Gasteiger partial charge in [0.05, 0.1) is 16.2 Å². The maximum Gasteiger partial charge on any atom is 0.228 e. The molecular weight excluding hydrogens is 280 g/mol. The molecule has 0 fully saturated rings. The van der Waals surface area contributed by atoms with E-state index in [0.29, 0.717) is 29.2 Å². The molecule has 0 radical (unpaired) electrons. The molecule has 2 aromatic rings. The summed E-state index contributed by atoms with van der Waals surface area (Å²) in [6, 6.07) is 5.98. The summed E-state index contributed by atoms with van der Waals surface area (Å²) in [4.78, 5) is 11.2. The third kappa shape index (κ3) is 2.72. The van der Waals surface area contributed by atoms with Crippen molar-refractivity contribution >= 4 is 16.1 Å². The van der Waals surface area contributed by atoms with E-state index in [-0.39, 0.29) is 4.90 Å². The van der Waals surface area contributed by atoms with Crippen LogP contribution in [0.15, 0.2) is 29.2 Å². The van der Waals surface area contributed by atoms with E-state index < -0.39 is 9.84 Å². The first-order valence-corrected chi connectivity index (χ1v) is 7.69. The molecule has 7 heteroatoms. The second-order valence-corrected chi connectivity index (χ2v) is 6.41. The van der Waals surface area contributed by atoms with Crippen molar-refractivity contribution in [2.75, 3.05) is 6.26 Å². The molecule has 0 aliphatic rings. The fourth-order valence-electron chi connectivity index (χ4n) is 1.78. The molecule has 0 aliphatic heterocycles. The molecule has 1 aromatic carbocycles. The van der Waals surface area contributed by atoms with E-state index in [2.05, 4.69) is 5.10 Å². The molecule has 0 saturated carbocycles. The minimum atomic E-state index is -3.24. The molecule has 106 valence electrons. The van der Waals surface area contributed by atoms with E-state index in [1.807, 2.05) is 0 Å². The number of sulfone groups is 1. The minimum absolute atomic E-state index is 0.210. The third-order valence-corrected chi connectivity index (χ3v) is 3.93. The van der Waals surface area contributed by atoms with Crippen LogP contribution < -0.4 is 4.74 Å². The zero-order chi connectivity index (χ0) is 14.9. The Morgan fingerprint density at radius 2 is 1.85 bits per heavy atom. The first-order chi connectivity index (χ1) is 9.32. The smallest absolute Gasteiger partial charge is 0.228 e. The molecule has 6 nitrogen and oxygen atoms in total. The summed E-state index contributed by atoms with van der Waals surface area (Å²) < 4.78 is 29.8. The Morgan fingerprint density at radius 1 is 1.25 bits per heavy atom. The molecule has 0 amide bonds. The fourth-order valence-corrected chi connectivity index (χ4v) is 2.41. The van der Waals surface area contributed by atoms with Crippen LogP contribution in [0, 0.1) is 6.92 Å². The molecule has 0 saturated heterocycles. The number of carbonyl (C=O) groups is 1. The summed E-state index contributed by atoms with van der Waals surface area (Å²) in [7, 11) is -1.57. The highest BCUT2D eigenvalue weighted by Crippen LogP contribution is 2.26. The summed E-state index contributed by atoms with van der Waals surface area (Å²) >= 11 is 0. The zero-order valence-electron chi connectivity index (χ0n) is 11.3. The Morgan fingerprint density at radius 3 is 2.35 bits per heavy atom. The lowest BCUT2D eigenvalue weighted by Gasteiger charge is -2.07. The maximum atomic E-state index is 11.4. The van der Waals surface area contributed by atoms with Gasteiger partial charge in [-0.05, 0) is 31.2 Å². The number of benzene rings is 1. The number of rotatable bonds is 4. The fraction of sp³-hybridized carbons (Fsp3) is 0.231. The molecule has 0 atom stereocenters. The highest BCUT2D eigenvalue weighted by molar-refractivity contribution is 7.90. The SMILES string of the molecule is Cc1nn(C)c(Oc2ccc(S(C)(=O)=O)cc2)c1C=O. The van der Waals surface area contributed by atoms with E-state index >= 15 is 0 Å². The van der Waals surface area contributed by atoms with Crippen molar-refractivity contribution in [3.63, 3.8) is 0 Å². The lowest BCUT2D eigenvalue weighted by molar-refractivity contribution is 0.112. The molecule has 1 heterocycles. The Kier molecular flexibility index (Phi) is 3.63. The van der Waals surface area contributed by atoms with Crippen molar-refractivity contribution < 1.29 is 17.9 Å². The van der Waals surface area contributed by atoms with E-state index in [4.69, 9.17) is 4.74 Å².